The molecule has 0 atom stereocenters. The van der Waals surface area contributed by atoms with E-state index in [-0.39, 0.29) is 10.6 Å². The van der Waals surface area contributed by atoms with Gasteiger partial charge in [0.05, 0.1) is 22.3 Å². The zero-order valence-corrected chi connectivity index (χ0v) is 12.6. The molecule has 2 N–H and O–H groups in total. The van der Waals surface area contributed by atoms with Gasteiger partial charge in [0, 0.05) is 18.1 Å². The highest BCUT2D eigenvalue weighted by atomic mass is 32.2. The number of nitrogen functional groups attached to an aromatic ring is 1. The number of nitriles is 1. The molecule has 0 saturated heterocycles. The SMILES string of the molecule is N#Cc1ccc(S(=O)(=O)CCSc2nccnc2N)cc1. The van der Waals surface area contributed by atoms with E-state index in [1.807, 2.05) is 6.07 Å². The van der Waals surface area contributed by atoms with Crippen LogP contribution in [0.1, 0.15) is 5.56 Å². The maximum absolute atomic E-state index is 12.1. The molecule has 0 radical (unpaired) electrons. The maximum Gasteiger partial charge on any atom is 0.179 e. The maximum atomic E-state index is 12.1. The summed E-state index contributed by atoms with van der Waals surface area (Å²) in [5.74, 6) is 0.573. The molecule has 0 bridgehead atoms. The molecule has 8 heteroatoms. The monoisotopic (exact) mass is 320 g/mol. The molecule has 0 unspecified atom stereocenters. The van der Waals surface area contributed by atoms with Gasteiger partial charge in [-0.25, -0.2) is 18.4 Å². The first-order chi connectivity index (χ1) is 10.0. The average molecular weight is 320 g/mol. The van der Waals surface area contributed by atoms with Crippen LogP contribution in [0.2, 0.25) is 0 Å². The summed E-state index contributed by atoms with van der Waals surface area (Å²) >= 11 is 1.25. The van der Waals surface area contributed by atoms with Gasteiger partial charge in [0.2, 0.25) is 0 Å². The van der Waals surface area contributed by atoms with Crippen molar-refractivity contribution in [2.24, 2.45) is 0 Å². The van der Waals surface area contributed by atoms with Gasteiger partial charge in [-0.05, 0) is 24.3 Å². The average Bonchev–Trinajstić information content (AvgIpc) is 2.49. The first kappa shape index (κ1) is 15.3. The fraction of sp³-hybridized carbons (Fsp3) is 0.154. The smallest absolute Gasteiger partial charge is 0.179 e. The minimum Gasteiger partial charge on any atom is -0.381 e. The Balaban J connectivity index is 2.01. The van der Waals surface area contributed by atoms with E-state index in [1.165, 1.54) is 48.4 Å². The predicted octanol–water partition coefficient (Wildman–Crippen LogP) is 1.50. The van der Waals surface area contributed by atoms with Crippen molar-refractivity contribution in [2.75, 3.05) is 17.2 Å². The van der Waals surface area contributed by atoms with Gasteiger partial charge in [0.15, 0.2) is 15.7 Å². The second kappa shape index (κ2) is 6.56. The lowest BCUT2D eigenvalue weighted by atomic mass is 10.2. The molecule has 21 heavy (non-hydrogen) atoms. The number of anilines is 1. The van der Waals surface area contributed by atoms with Crippen molar-refractivity contribution in [2.45, 2.75) is 9.92 Å². The molecular formula is C13H12N4O2S2. The van der Waals surface area contributed by atoms with Crippen molar-refractivity contribution >= 4 is 27.4 Å². The van der Waals surface area contributed by atoms with Gasteiger partial charge in [-0.1, -0.05) is 0 Å². The van der Waals surface area contributed by atoms with Gasteiger partial charge in [-0.3, -0.25) is 0 Å². The van der Waals surface area contributed by atoms with E-state index < -0.39 is 9.84 Å². The summed E-state index contributed by atoms with van der Waals surface area (Å²) in [7, 11) is -3.39. The van der Waals surface area contributed by atoms with Crippen molar-refractivity contribution < 1.29 is 8.42 Å². The fourth-order valence-corrected chi connectivity index (χ4v) is 4.08. The Morgan fingerprint density at radius 1 is 1.19 bits per heavy atom. The molecule has 0 saturated carbocycles. The summed E-state index contributed by atoms with van der Waals surface area (Å²) in [4.78, 5) is 8.13. The Kier molecular flexibility index (Phi) is 4.77. The van der Waals surface area contributed by atoms with Crippen molar-refractivity contribution in [3.8, 4) is 6.07 Å². The Labute approximate surface area is 127 Å². The highest BCUT2D eigenvalue weighted by Crippen LogP contribution is 2.21. The Bertz CT molecular complexity index is 768. The third kappa shape index (κ3) is 3.93. The number of thioether (sulfide) groups is 1. The third-order valence-corrected chi connectivity index (χ3v) is 5.61. The second-order valence-electron chi connectivity index (χ2n) is 4.05. The van der Waals surface area contributed by atoms with Gasteiger partial charge >= 0.3 is 0 Å². The van der Waals surface area contributed by atoms with Crippen LogP contribution in [0.3, 0.4) is 0 Å². The highest BCUT2D eigenvalue weighted by Gasteiger charge is 2.15. The minimum atomic E-state index is -3.39. The zero-order chi connectivity index (χ0) is 15.3. The molecule has 0 amide bonds. The molecule has 1 heterocycles. The van der Waals surface area contributed by atoms with E-state index in [0.29, 0.717) is 22.2 Å². The molecule has 0 aliphatic rings. The van der Waals surface area contributed by atoms with Gasteiger partial charge in [0.25, 0.3) is 0 Å². The van der Waals surface area contributed by atoms with Gasteiger partial charge in [-0.15, -0.1) is 11.8 Å². The third-order valence-electron chi connectivity index (χ3n) is 2.62. The normalized spacial score (nSPS) is 11.0. The summed E-state index contributed by atoms with van der Waals surface area (Å²) < 4.78 is 24.3. The molecule has 0 fully saturated rings. The molecule has 1 aromatic heterocycles. The molecule has 2 aromatic rings. The van der Waals surface area contributed by atoms with Crippen molar-refractivity contribution in [1.82, 2.24) is 9.97 Å². The predicted molar refractivity (Wildman–Crippen MR) is 80.4 cm³/mol. The molecule has 2 rings (SSSR count). The first-order valence-corrected chi connectivity index (χ1v) is 8.59. The van der Waals surface area contributed by atoms with Crippen LogP contribution in [0, 0.1) is 11.3 Å². The van der Waals surface area contributed by atoms with Gasteiger partial charge < -0.3 is 5.73 Å². The fourth-order valence-electron chi connectivity index (χ4n) is 1.55. The molecule has 0 spiro atoms. The van der Waals surface area contributed by atoms with E-state index in [2.05, 4.69) is 9.97 Å². The standard InChI is InChI=1S/C13H12N4O2S2/c14-9-10-1-3-11(4-2-10)21(18,19)8-7-20-13-12(15)16-5-6-17-13/h1-6H,7-8H2,(H2,15,16). The topological polar surface area (TPSA) is 110 Å². The summed E-state index contributed by atoms with van der Waals surface area (Å²) in [6.45, 7) is 0. The molecule has 0 aliphatic heterocycles. The summed E-state index contributed by atoms with van der Waals surface area (Å²) in [6, 6.07) is 7.80. The number of nitrogens with zero attached hydrogens (tertiary/aromatic N) is 3. The molecule has 0 aliphatic carbocycles. The van der Waals surface area contributed by atoms with Crippen LogP contribution in [0.5, 0.6) is 0 Å². The summed E-state index contributed by atoms with van der Waals surface area (Å²) in [5.41, 5.74) is 6.07. The van der Waals surface area contributed by atoms with Crippen molar-refractivity contribution in [1.29, 1.82) is 5.26 Å². The lowest BCUT2D eigenvalue weighted by molar-refractivity contribution is 0.597. The number of nitrogens with two attached hydrogens (primary N) is 1. The molecular weight excluding hydrogens is 308 g/mol. The Morgan fingerprint density at radius 3 is 2.48 bits per heavy atom. The van der Waals surface area contributed by atoms with E-state index in [4.69, 9.17) is 11.0 Å². The van der Waals surface area contributed by atoms with Crippen LogP contribution >= 0.6 is 11.8 Å². The largest absolute Gasteiger partial charge is 0.381 e. The van der Waals surface area contributed by atoms with Crippen LogP contribution < -0.4 is 5.73 Å². The lowest BCUT2D eigenvalue weighted by Crippen LogP contribution is -2.09. The summed E-state index contributed by atoms with van der Waals surface area (Å²) in [6.07, 6.45) is 2.99. The van der Waals surface area contributed by atoms with E-state index in [0.717, 1.165) is 0 Å². The van der Waals surface area contributed by atoms with Crippen LogP contribution in [-0.4, -0.2) is 29.9 Å². The van der Waals surface area contributed by atoms with Crippen LogP contribution in [0.25, 0.3) is 0 Å². The number of aromatic nitrogens is 2. The number of hydrogen-bond acceptors (Lipinski definition) is 7. The van der Waals surface area contributed by atoms with Crippen LogP contribution in [0.15, 0.2) is 46.6 Å². The van der Waals surface area contributed by atoms with E-state index >= 15 is 0 Å². The zero-order valence-electron chi connectivity index (χ0n) is 10.9. The van der Waals surface area contributed by atoms with Crippen LogP contribution in [0.4, 0.5) is 5.82 Å². The Morgan fingerprint density at radius 2 is 1.86 bits per heavy atom. The second-order valence-corrected chi connectivity index (χ2v) is 7.24. The Hall–Kier alpha value is -2.11. The van der Waals surface area contributed by atoms with Crippen molar-refractivity contribution in [3.05, 3.63) is 42.2 Å². The van der Waals surface area contributed by atoms with Gasteiger partial charge in [-0.2, -0.15) is 5.26 Å². The molecule has 6 nitrogen and oxygen atoms in total. The lowest BCUT2D eigenvalue weighted by Gasteiger charge is -2.05. The van der Waals surface area contributed by atoms with E-state index in [1.54, 1.807) is 0 Å². The first-order valence-electron chi connectivity index (χ1n) is 5.95. The molecule has 108 valence electrons. The number of rotatable bonds is 5. The number of hydrogen-bond donors (Lipinski definition) is 1. The van der Waals surface area contributed by atoms with E-state index in [9.17, 15) is 8.42 Å². The van der Waals surface area contributed by atoms with Gasteiger partial charge in [0.1, 0.15) is 5.03 Å². The summed E-state index contributed by atoms with van der Waals surface area (Å²) in [5, 5.41) is 9.22. The minimum absolute atomic E-state index is 0.0421. The van der Waals surface area contributed by atoms with Crippen molar-refractivity contribution in [3.63, 3.8) is 0 Å². The quantitative estimate of drug-likeness (QED) is 0.831. The molecule has 1 aromatic carbocycles. The number of benzene rings is 1. The van der Waals surface area contributed by atoms with Crippen LogP contribution in [-0.2, 0) is 9.84 Å². The highest BCUT2D eigenvalue weighted by molar-refractivity contribution is 8.00. The number of sulfone groups is 1.